The van der Waals surface area contributed by atoms with Gasteiger partial charge in [0.1, 0.15) is 0 Å². The predicted molar refractivity (Wildman–Crippen MR) is 122 cm³/mol. The molecule has 0 saturated carbocycles. The van der Waals surface area contributed by atoms with Gasteiger partial charge in [0.05, 0.1) is 13.7 Å². The number of nitrogens with one attached hydrogen (secondary N) is 2. The Balaban J connectivity index is 1.43. The zero-order valence-electron chi connectivity index (χ0n) is 17.9. The zero-order valence-corrected chi connectivity index (χ0v) is 17.9. The fourth-order valence-electron chi connectivity index (χ4n) is 3.39. The normalized spacial score (nSPS) is 10.5. The molecule has 0 radical (unpaired) electrons. The van der Waals surface area contributed by atoms with E-state index in [0.717, 1.165) is 16.3 Å². The Bertz CT molecular complexity index is 1040. The van der Waals surface area contributed by atoms with Crippen LogP contribution in [-0.2, 0) is 11.2 Å². The van der Waals surface area contributed by atoms with Gasteiger partial charge in [-0.05, 0) is 47.9 Å². The molecule has 0 fully saturated rings. The van der Waals surface area contributed by atoms with Crippen molar-refractivity contribution >= 4 is 22.6 Å². The maximum absolute atomic E-state index is 12.5. The molecule has 3 aromatic rings. The highest BCUT2D eigenvalue weighted by atomic mass is 16.5. The van der Waals surface area contributed by atoms with Gasteiger partial charge in [0.25, 0.3) is 5.91 Å². The topological polar surface area (TPSA) is 76.7 Å². The number of rotatable bonds is 10. The Kier molecular flexibility index (Phi) is 7.87. The third kappa shape index (κ3) is 5.98. The van der Waals surface area contributed by atoms with Gasteiger partial charge in [0.2, 0.25) is 5.91 Å². The highest BCUT2D eigenvalue weighted by Crippen LogP contribution is 2.28. The number of amides is 2. The summed E-state index contributed by atoms with van der Waals surface area (Å²) in [6, 6.07) is 19.1. The molecule has 0 aliphatic carbocycles. The average Bonchev–Trinajstić information content (AvgIpc) is 2.80. The number of carbonyl (C=O) groups excluding carboxylic acids is 2. The molecule has 3 aromatic carbocycles. The minimum absolute atomic E-state index is 0.0627. The van der Waals surface area contributed by atoms with Gasteiger partial charge in [-0.3, -0.25) is 9.59 Å². The second-order valence-corrected chi connectivity index (χ2v) is 7.05. The molecule has 2 N–H and O–H groups in total. The summed E-state index contributed by atoms with van der Waals surface area (Å²) < 4.78 is 10.9. The predicted octanol–water partition coefficient (Wildman–Crippen LogP) is 3.73. The van der Waals surface area contributed by atoms with E-state index in [2.05, 4.69) is 10.6 Å². The van der Waals surface area contributed by atoms with Crippen molar-refractivity contribution in [2.24, 2.45) is 0 Å². The van der Waals surface area contributed by atoms with E-state index in [-0.39, 0.29) is 11.8 Å². The Morgan fingerprint density at radius 1 is 0.903 bits per heavy atom. The molecular weight excluding hydrogens is 392 g/mol. The molecule has 0 aliphatic rings. The van der Waals surface area contributed by atoms with E-state index >= 15 is 0 Å². The van der Waals surface area contributed by atoms with Crippen LogP contribution < -0.4 is 20.1 Å². The summed E-state index contributed by atoms with van der Waals surface area (Å²) in [5.74, 6) is 1.15. The van der Waals surface area contributed by atoms with Crippen LogP contribution in [0.5, 0.6) is 11.5 Å². The van der Waals surface area contributed by atoms with E-state index in [0.29, 0.717) is 49.6 Å². The van der Waals surface area contributed by atoms with Crippen LogP contribution in [0.3, 0.4) is 0 Å². The standard InChI is InChI=1S/C25H28N2O4/c1-3-31-22-13-11-18(17-23(22)30-2)12-14-24(28)26-15-16-27-25(29)21-10-6-8-19-7-4-5-9-20(19)21/h4-11,13,17H,3,12,14-16H2,1-2H3,(H,26,28)(H,27,29). The molecule has 6 heteroatoms. The van der Waals surface area contributed by atoms with Gasteiger partial charge in [0, 0.05) is 25.1 Å². The number of benzene rings is 3. The van der Waals surface area contributed by atoms with Crippen molar-refractivity contribution in [3.63, 3.8) is 0 Å². The molecule has 0 saturated heterocycles. The molecule has 6 nitrogen and oxygen atoms in total. The molecule has 0 unspecified atom stereocenters. The number of hydrogen-bond donors (Lipinski definition) is 2. The van der Waals surface area contributed by atoms with E-state index in [9.17, 15) is 9.59 Å². The number of methoxy groups -OCH3 is 1. The van der Waals surface area contributed by atoms with Gasteiger partial charge in [-0.15, -0.1) is 0 Å². The van der Waals surface area contributed by atoms with Gasteiger partial charge < -0.3 is 20.1 Å². The van der Waals surface area contributed by atoms with Crippen LogP contribution in [0.2, 0.25) is 0 Å². The van der Waals surface area contributed by atoms with Crippen molar-refractivity contribution in [3.05, 3.63) is 71.8 Å². The van der Waals surface area contributed by atoms with E-state index in [4.69, 9.17) is 9.47 Å². The fraction of sp³-hybridized carbons (Fsp3) is 0.280. The lowest BCUT2D eigenvalue weighted by molar-refractivity contribution is -0.121. The van der Waals surface area contributed by atoms with E-state index in [1.165, 1.54) is 0 Å². The van der Waals surface area contributed by atoms with Crippen LogP contribution in [-0.4, -0.2) is 38.6 Å². The van der Waals surface area contributed by atoms with E-state index < -0.39 is 0 Å². The van der Waals surface area contributed by atoms with Crippen LogP contribution >= 0.6 is 0 Å². The minimum Gasteiger partial charge on any atom is -0.493 e. The van der Waals surface area contributed by atoms with Crippen molar-refractivity contribution in [1.82, 2.24) is 10.6 Å². The van der Waals surface area contributed by atoms with E-state index in [1.54, 1.807) is 13.2 Å². The Morgan fingerprint density at radius 2 is 1.68 bits per heavy atom. The third-order valence-electron chi connectivity index (χ3n) is 4.94. The van der Waals surface area contributed by atoms with Gasteiger partial charge in [-0.1, -0.05) is 42.5 Å². The van der Waals surface area contributed by atoms with Crippen molar-refractivity contribution in [1.29, 1.82) is 0 Å². The maximum atomic E-state index is 12.5. The van der Waals surface area contributed by atoms with Crippen molar-refractivity contribution in [2.75, 3.05) is 26.8 Å². The summed E-state index contributed by atoms with van der Waals surface area (Å²) in [6.45, 7) is 3.23. The first-order valence-electron chi connectivity index (χ1n) is 10.4. The van der Waals surface area contributed by atoms with Crippen molar-refractivity contribution in [2.45, 2.75) is 19.8 Å². The molecule has 0 atom stereocenters. The van der Waals surface area contributed by atoms with E-state index in [1.807, 2.05) is 61.5 Å². The van der Waals surface area contributed by atoms with Gasteiger partial charge in [0.15, 0.2) is 11.5 Å². The monoisotopic (exact) mass is 420 g/mol. The smallest absolute Gasteiger partial charge is 0.251 e. The summed E-state index contributed by atoms with van der Waals surface area (Å²) in [6.07, 6.45) is 0.950. The summed E-state index contributed by atoms with van der Waals surface area (Å²) in [7, 11) is 1.60. The largest absolute Gasteiger partial charge is 0.493 e. The van der Waals surface area contributed by atoms with Crippen LogP contribution in [0.25, 0.3) is 10.8 Å². The Hall–Kier alpha value is -3.54. The molecule has 0 bridgehead atoms. The lowest BCUT2D eigenvalue weighted by atomic mass is 10.0. The molecule has 162 valence electrons. The van der Waals surface area contributed by atoms with Gasteiger partial charge in [-0.25, -0.2) is 0 Å². The number of hydrogen-bond acceptors (Lipinski definition) is 4. The highest BCUT2D eigenvalue weighted by Gasteiger charge is 2.10. The highest BCUT2D eigenvalue weighted by molar-refractivity contribution is 6.07. The lowest BCUT2D eigenvalue weighted by Gasteiger charge is -2.11. The lowest BCUT2D eigenvalue weighted by Crippen LogP contribution is -2.34. The summed E-state index contributed by atoms with van der Waals surface area (Å²) in [5.41, 5.74) is 1.63. The first kappa shape index (κ1) is 22.2. The molecule has 0 heterocycles. The molecule has 3 rings (SSSR count). The third-order valence-corrected chi connectivity index (χ3v) is 4.94. The minimum atomic E-state index is -0.146. The summed E-state index contributed by atoms with van der Waals surface area (Å²) in [5, 5.41) is 7.65. The molecule has 2 amide bonds. The molecule has 0 aliphatic heterocycles. The average molecular weight is 421 g/mol. The molecule has 0 aromatic heterocycles. The van der Waals surface area contributed by atoms with Crippen LogP contribution in [0.15, 0.2) is 60.7 Å². The van der Waals surface area contributed by atoms with Crippen LogP contribution in [0.1, 0.15) is 29.3 Å². The van der Waals surface area contributed by atoms with Gasteiger partial charge >= 0.3 is 0 Å². The summed E-state index contributed by atoms with van der Waals surface area (Å²) in [4.78, 5) is 24.7. The second kappa shape index (κ2) is 11.0. The fourth-order valence-corrected chi connectivity index (χ4v) is 3.39. The number of fused-ring (bicyclic) bond motifs is 1. The number of carbonyl (C=O) groups is 2. The summed E-state index contributed by atoms with van der Waals surface area (Å²) >= 11 is 0. The van der Waals surface area contributed by atoms with Gasteiger partial charge in [-0.2, -0.15) is 0 Å². The SMILES string of the molecule is CCOc1ccc(CCC(=O)NCCNC(=O)c2cccc3ccccc23)cc1OC. The second-order valence-electron chi connectivity index (χ2n) is 7.05. The molecular formula is C25H28N2O4. The molecule has 31 heavy (non-hydrogen) atoms. The quantitative estimate of drug-likeness (QED) is 0.490. The Labute approximate surface area is 182 Å². The van der Waals surface area contributed by atoms with Crippen molar-refractivity contribution < 1.29 is 19.1 Å². The first-order chi connectivity index (χ1) is 15.1. The number of aryl methyl sites for hydroxylation is 1. The first-order valence-corrected chi connectivity index (χ1v) is 10.4. The van der Waals surface area contributed by atoms with Crippen LogP contribution in [0.4, 0.5) is 0 Å². The van der Waals surface area contributed by atoms with Crippen LogP contribution in [0, 0.1) is 0 Å². The zero-order chi connectivity index (χ0) is 22.1. The molecule has 0 spiro atoms. The van der Waals surface area contributed by atoms with Crippen molar-refractivity contribution in [3.8, 4) is 11.5 Å². The maximum Gasteiger partial charge on any atom is 0.251 e. The number of ether oxygens (including phenoxy) is 2. The Morgan fingerprint density at radius 3 is 2.48 bits per heavy atom.